The van der Waals surface area contributed by atoms with Crippen LogP contribution in [0.25, 0.3) is 0 Å². The van der Waals surface area contributed by atoms with E-state index in [1.165, 1.54) is 11.2 Å². The topological polar surface area (TPSA) is 37.4 Å². The van der Waals surface area contributed by atoms with Crippen molar-refractivity contribution in [2.45, 2.75) is 0 Å². The van der Waals surface area contributed by atoms with Crippen molar-refractivity contribution in [3.05, 3.63) is 28.7 Å². The first-order valence-corrected chi connectivity index (χ1v) is 6.85. The maximum Gasteiger partial charge on any atom is 0.239 e. The molecule has 1 unspecified atom stereocenters. The lowest BCUT2D eigenvalue weighted by Crippen LogP contribution is -2.30. The van der Waals surface area contributed by atoms with E-state index in [4.69, 9.17) is 0 Å². The molecule has 0 aromatic heterocycles. The number of hydrogen-bond acceptors (Lipinski definition) is 2. The Kier molecular flexibility index (Phi) is 4.47. The van der Waals surface area contributed by atoms with Crippen molar-refractivity contribution in [3.8, 4) is 0 Å². The molecule has 0 saturated carbocycles. The van der Waals surface area contributed by atoms with Crippen molar-refractivity contribution < 1.29 is 9.00 Å². The van der Waals surface area contributed by atoms with Gasteiger partial charge in [-0.1, -0.05) is 15.9 Å². The highest BCUT2D eigenvalue weighted by molar-refractivity contribution is 9.10. The van der Waals surface area contributed by atoms with E-state index in [0.717, 1.165) is 10.2 Å². The first-order valence-electron chi connectivity index (χ1n) is 4.33. The summed E-state index contributed by atoms with van der Waals surface area (Å²) in [5.74, 6) is -0.0785. The largest absolute Gasteiger partial charge is 0.315 e. The molecular weight excluding hydrogens is 278 g/mol. The molecular formula is C10H12BrNO2S. The Hall–Kier alpha value is -0.680. The average molecular weight is 290 g/mol. The second-order valence-corrected chi connectivity index (χ2v) is 5.50. The molecule has 1 rings (SSSR count). The van der Waals surface area contributed by atoms with E-state index in [9.17, 15) is 9.00 Å². The number of carbonyl (C=O) groups is 1. The highest BCUT2D eigenvalue weighted by Crippen LogP contribution is 2.17. The molecule has 0 spiro atoms. The molecule has 1 amide bonds. The summed E-state index contributed by atoms with van der Waals surface area (Å²) in [6.45, 7) is 0. The molecule has 0 aliphatic rings. The monoisotopic (exact) mass is 289 g/mol. The lowest BCUT2D eigenvalue weighted by molar-refractivity contribution is -0.115. The Morgan fingerprint density at radius 1 is 1.40 bits per heavy atom. The van der Waals surface area contributed by atoms with Gasteiger partial charge < -0.3 is 4.90 Å². The second kappa shape index (κ2) is 5.42. The molecule has 0 bridgehead atoms. The van der Waals surface area contributed by atoms with Crippen LogP contribution >= 0.6 is 15.9 Å². The summed E-state index contributed by atoms with van der Waals surface area (Å²) >= 11 is 3.32. The molecule has 82 valence electrons. The molecule has 1 aromatic rings. The first kappa shape index (κ1) is 12.4. The zero-order valence-corrected chi connectivity index (χ0v) is 11.0. The maximum absolute atomic E-state index is 11.6. The van der Waals surface area contributed by atoms with Gasteiger partial charge in [0.05, 0.1) is 0 Å². The number of hydrogen-bond donors (Lipinski definition) is 0. The zero-order valence-electron chi connectivity index (χ0n) is 8.57. The van der Waals surface area contributed by atoms with E-state index >= 15 is 0 Å². The fourth-order valence-corrected chi connectivity index (χ4v) is 1.89. The van der Waals surface area contributed by atoms with Crippen LogP contribution in [0.4, 0.5) is 5.69 Å². The Morgan fingerprint density at radius 2 is 1.93 bits per heavy atom. The molecule has 0 N–H and O–H groups in total. The predicted octanol–water partition coefficient (Wildman–Crippen LogP) is 1.79. The van der Waals surface area contributed by atoms with Crippen molar-refractivity contribution >= 4 is 38.3 Å². The maximum atomic E-state index is 11.6. The quantitative estimate of drug-likeness (QED) is 0.851. The standard InChI is InChI=1S/C10H12BrNO2S/c1-12(10(13)7-15(2)14)9-5-3-8(11)4-6-9/h3-6H,7H2,1-2H3. The van der Waals surface area contributed by atoms with E-state index in [2.05, 4.69) is 15.9 Å². The Morgan fingerprint density at radius 3 is 2.40 bits per heavy atom. The minimum Gasteiger partial charge on any atom is -0.315 e. The van der Waals surface area contributed by atoms with Crippen LogP contribution in [-0.2, 0) is 15.6 Å². The third-order valence-corrected chi connectivity index (χ3v) is 3.10. The summed E-state index contributed by atoms with van der Waals surface area (Å²) in [4.78, 5) is 13.1. The van der Waals surface area contributed by atoms with Gasteiger partial charge in [0, 0.05) is 34.3 Å². The number of rotatable bonds is 3. The number of nitrogens with zero attached hydrogens (tertiary/aromatic N) is 1. The molecule has 1 atom stereocenters. The molecule has 0 aliphatic heterocycles. The van der Waals surface area contributed by atoms with Crippen LogP contribution < -0.4 is 4.90 Å². The van der Waals surface area contributed by atoms with Gasteiger partial charge in [-0.15, -0.1) is 0 Å². The summed E-state index contributed by atoms with van der Waals surface area (Å²) in [7, 11) is 0.584. The lowest BCUT2D eigenvalue weighted by atomic mass is 10.3. The van der Waals surface area contributed by atoms with E-state index in [1.807, 2.05) is 24.3 Å². The fourth-order valence-electron chi connectivity index (χ4n) is 1.08. The van der Waals surface area contributed by atoms with Gasteiger partial charge in [0.25, 0.3) is 0 Å². The molecule has 0 radical (unpaired) electrons. The first-order chi connectivity index (χ1) is 7.00. The highest BCUT2D eigenvalue weighted by Gasteiger charge is 2.11. The highest BCUT2D eigenvalue weighted by atomic mass is 79.9. The van der Waals surface area contributed by atoms with Crippen LogP contribution in [0, 0.1) is 0 Å². The molecule has 0 heterocycles. The number of anilines is 1. The molecule has 0 aliphatic carbocycles. The average Bonchev–Trinajstić information content (AvgIpc) is 2.17. The summed E-state index contributed by atoms with van der Waals surface area (Å²) in [5.41, 5.74) is 0.800. The minimum absolute atomic E-state index is 0.0621. The van der Waals surface area contributed by atoms with Crippen molar-refractivity contribution in [1.82, 2.24) is 0 Å². The van der Waals surface area contributed by atoms with E-state index < -0.39 is 10.8 Å². The van der Waals surface area contributed by atoms with Gasteiger partial charge in [-0.2, -0.15) is 0 Å². The van der Waals surface area contributed by atoms with Gasteiger partial charge in [-0.3, -0.25) is 9.00 Å². The van der Waals surface area contributed by atoms with Crippen LogP contribution in [0.3, 0.4) is 0 Å². The third kappa shape index (κ3) is 3.76. The number of carbonyl (C=O) groups excluding carboxylic acids is 1. The smallest absolute Gasteiger partial charge is 0.239 e. The normalized spacial score (nSPS) is 12.2. The number of halogens is 1. The van der Waals surface area contributed by atoms with Crippen molar-refractivity contribution in [1.29, 1.82) is 0 Å². The van der Waals surface area contributed by atoms with Crippen molar-refractivity contribution in [2.24, 2.45) is 0 Å². The Bertz CT molecular complexity index is 378. The van der Waals surface area contributed by atoms with Crippen molar-refractivity contribution in [2.75, 3.05) is 24.0 Å². The van der Waals surface area contributed by atoms with Gasteiger partial charge >= 0.3 is 0 Å². The van der Waals surface area contributed by atoms with Gasteiger partial charge in [0.2, 0.25) is 5.91 Å². The van der Waals surface area contributed by atoms with Gasteiger partial charge in [0.15, 0.2) is 0 Å². The van der Waals surface area contributed by atoms with Crippen LogP contribution in [0.15, 0.2) is 28.7 Å². The molecule has 1 aromatic carbocycles. The third-order valence-electron chi connectivity index (χ3n) is 1.91. The summed E-state index contributed by atoms with van der Waals surface area (Å²) in [5, 5.41) is 0. The van der Waals surface area contributed by atoms with Gasteiger partial charge in [0.1, 0.15) is 5.75 Å². The molecule has 5 heteroatoms. The fraction of sp³-hybridized carbons (Fsp3) is 0.300. The van der Waals surface area contributed by atoms with E-state index in [0.29, 0.717) is 0 Å². The van der Waals surface area contributed by atoms with Crippen LogP contribution in [0.1, 0.15) is 0 Å². The van der Waals surface area contributed by atoms with E-state index in [-0.39, 0.29) is 11.7 Å². The minimum atomic E-state index is -1.09. The SMILES string of the molecule is CN(C(=O)CS(C)=O)c1ccc(Br)cc1. The van der Waals surface area contributed by atoms with Crippen molar-refractivity contribution in [3.63, 3.8) is 0 Å². The summed E-state index contributed by atoms with van der Waals surface area (Å²) in [6, 6.07) is 7.39. The lowest BCUT2D eigenvalue weighted by Gasteiger charge is -2.16. The molecule has 0 saturated heterocycles. The Labute approximate surface area is 100 Å². The second-order valence-electron chi connectivity index (χ2n) is 3.15. The zero-order chi connectivity index (χ0) is 11.4. The van der Waals surface area contributed by atoms with Crippen LogP contribution in [-0.4, -0.2) is 29.2 Å². The van der Waals surface area contributed by atoms with Crippen LogP contribution in [0.2, 0.25) is 0 Å². The number of benzene rings is 1. The van der Waals surface area contributed by atoms with E-state index in [1.54, 1.807) is 7.05 Å². The van der Waals surface area contributed by atoms with Gasteiger partial charge in [-0.25, -0.2) is 0 Å². The van der Waals surface area contributed by atoms with Gasteiger partial charge in [-0.05, 0) is 24.3 Å². The summed E-state index contributed by atoms with van der Waals surface area (Å²) < 4.78 is 11.9. The van der Waals surface area contributed by atoms with Crippen LogP contribution in [0.5, 0.6) is 0 Å². The summed E-state index contributed by atoms with van der Waals surface area (Å²) in [6.07, 6.45) is 1.52. The Balaban J connectivity index is 2.76. The molecule has 15 heavy (non-hydrogen) atoms. The molecule has 0 fully saturated rings. The number of amides is 1. The predicted molar refractivity (Wildman–Crippen MR) is 66.5 cm³/mol. The molecule has 3 nitrogen and oxygen atoms in total.